The lowest BCUT2D eigenvalue weighted by molar-refractivity contribution is -0.123. The molecule has 0 radical (unpaired) electrons. The third kappa shape index (κ3) is 5.40. The van der Waals surface area contributed by atoms with Gasteiger partial charge in [0, 0.05) is 16.9 Å². The Bertz CT molecular complexity index is 463. The molecule has 0 spiro atoms. The molecule has 0 aliphatic rings. The Morgan fingerprint density at radius 2 is 1.81 bits per heavy atom. The standard InChI is InChI=1S/C15H22N2O3S/c1-10(13(9-18)21-3)16-14(19)11(2)17-15(20)12-7-5-4-6-8-12/h4-8,10-11,13,18H,9H2,1-3H3,(H,16,19)(H,17,20). The molecule has 1 rings (SSSR count). The molecule has 6 heteroatoms. The van der Waals surface area contributed by atoms with Crippen LogP contribution in [-0.4, -0.2) is 47.1 Å². The minimum absolute atomic E-state index is 0.00658. The molecule has 0 aromatic heterocycles. The van der Waals surface area contributed by atoms with Gasteiger partial charge in [-0.25, -0.2) is 0 Å². The van der Waals surface area contributed by atoms with Crippen LogP contribution >= 0.6 is 11.8 Å². The van der Waals surface area contributed by atoms with Crippen LogP contribution in [0.4, 0.5) is 0 Å². The number of nitrogens with one attached hydrogen (secondary N) is 2. The predicted octanol–water partition coefficient (Wildman–Crippen LogP) is 1.03. The summed E-state index contributed by atoms with van der Waals surface area (Å²) in [5, 5.41) is 14.6. The van der Waals surface area contributed by atoms with E-state index in [0.29, 0.717) is 5.56 Å². The number of aliphatic hydroxyl groups is 1. The highest BCUT2D eigenvalue weighted by atomic mass is 32.2. The zero-order valence-corrected chi connectivity index (χ0v) is 13.3. The van der Waals surface area contributed by atoms with Crippen molar-refractivity contribution >= 4 is 23.6 Å². The van der Waals surface area contributed by atoms with Crippen molar-refractivity contribution in [1.29, 1.82) is 0 Å². The Kier molecular flexibility index (Phi) is 7.25. The number of aliphatic hydroxyl groups excluding tert-OH is 1. The van der Waals surface area contributed by atoms with E-state index in [2.05, 4.69) is 10.6 Å². The molecule has 0 bridgehead atoms. The van der Waals surface area contributed by atoms with Crippen LogP contribution in [0.3, 0.4) is 0 Å². The minimum Gasteiger partial charge on any atom is -0.395 e. The Hall–Kier alpha value is -1.53. The summed E-state index contributed by atoms with van der Waals surface area (Å²) in [5.41, 5.74) is 0.516. The SMILES string of the molecule is CSC(CO)C(C)NC(=O)C(C)NC(=O)c1ccccc1. The first-order chi connectivity index (χ1) is 9.99. The summed E-state index contributed by atoms with van der Waals surface area (Å²) in [7, 11) is 0. The van der Waals surface area contributed by atoms with Crippen molar-refractivity contribution in [3.8, 4) is 0 Å². The summed E-state index contributed by atoms with van der Waals surface area (Å²) in [5.74, 6) is -0.547. The third-order valence-corrected chi connectivity index (χ3v) is 4.35. The molecule has 5 nitrogen and oxygen atoms in total. The van der Waals surface area contributed by atoms with Gasteiger partial charge in [0.1, 0.15) is 6.04 Å². The maximum absolute atomic E-state index is 12.0. The Morgan fingerprint density at radius 1 is 1.19 bits per heavy atom. The van der Waals surface area contributed by atoms with E-state index >= 15 is 0 Å². The lowest BCUT2D eigenvalue weighted by atomic mass is 10.2. The van der Waals surface area contributed by atoms with Gasteiger partial charge in [0.2, 0.25) is 5.91 Å². The van der Waals surface area contributed by atoms with Crippen molar-refractivity contribution in [3.05, 3.63) is 35.9 Å². The van der Waals surface area contributed by atoms with Crippen LogP contribution in [0, 0.1) is 0 Å². The average molecular weight is 310 g/mol. The van der Waals surface area contributed by atoms with Crippen molar-refractivity contribution in [1.82, 2.24) is 10.6 Å². The number of amides is 2. The van der Waals surface area contributed by atoms with Crippen LogP contribution in [0.25, 0.3) is 0 Å². The molecular weight excluding hydrogens is 288 g/mol. The van der Waals surface area contributed by atoms with Crippen molar-refractivity contribution in [2.24, 2.45) is 0 Å². The van der Waals surface area contributed by atoms with E-state index in [1.807, 2.05) is 19.2 Å². The molecule has 1 aromatic carbocycles. The normalized spacial score (nSPS) is 14.9. The lowest BCUT2D eigenvalue weighted by Gasteiger charge is -2.23. The van der Waals surface area contributed by atoms with E-state index in [0.717, 1.165) is 0 Å². The van der Waals surface area contributed by atoms with Crippen LogP contribution < -0.4 is 10.6 Å². The van der Waals surface area contributed by atoms with Gasteiger partial charge in [0.05, 0.1) is 6.61 Å². The van der Waals surface area contributed by atoms with Gasteiger partial charge >= 0.3 is 0 Å². The molecule has 0 aliphatic heterocycles. The fourth-order valence-electron chi connectivity index (χ4n) is 1.81. The maximum atomic E-state index is 12.0. The maximum Gasteiger partial charge on any atom is 0.251 e. The van der Waals surface area contributed by atoms with Gasteiger partial charge in [-0.3, -0.25) is 9.59 Å². The minimum atomic E-state index is -0.638. The van der Waals surface area contributed by atoms with Crippen LogP contribution in [0.15, 0.2) is 30.3 Å². The van der Waals surface area contributed by atoms with Crippen LogP contribution in [0.1, 0.15) is 24.2 Å². The summed E-state index contributed by atoms with van der Waals surface area (Å²) in [4.78, 5) is 24.0. The van der Waals surface area contributed by atoms with Gasteiger partial charge in [0.25, 0.3) is 5.91 Å². The first-order valence-corrected chi connectivity index (χ1v) is 8.08. The zero-order valence-electron chi connectivity index (χ0n) is 12.5. The highest BCUT2D eigenvalue weighted by molar-refractivity contribution is 7.99. The zero-order chi connectivity index (χ0) is 15.8. The molecule has 1 aromatic rings. The molecule has 3 atom stereocenters. The number of thioether (sulfide) groups is 1. The number of rotatable bonds is 7. The van der Waals surface area contributed by atoms with E-state index in [1.54, 1.807) is 31.2 Å². The second-order valence-corrected chi connectivity index (χ2v) is 5.89. The molecule has 0 fully saturated rings. The molecule has 3 unspecified atom stereocenters. The summed E-state index contributed by atoms with van der Waals surface area (Å²) in [6.45, 7) is 3.46. The monoisotopic (exact) mass is 310 g/mol. The van der Waals surface area contributed by atoms with Gasteiger partial charge in [-0.05, 0) is 32.2 Å². The second kappa shape index (κ2) is 8.69. The van der Waals surface area contributed by atoms with Gasteiger partial charge in [-0.15, -0.1) is 0 Å². The highest BCUT2D eigenvalue weighted by Gasteiger charge is 2.21. The summed E-state index contributed by atoms with van der Waals surface area (Å²) in [6.07, 6.45) is 1.88. The number of hydrogen-bond donors (Lipinski definition) is 3. The average Bonchev–Trinajstić information content (AvgIpc) is 2.49. The molecule has 0 aliphatic carbocycles. The van der Waals surface area contributed by atoms with Crippen molar-refractivity contribution in [2.45, 2.75) is 31.2 Å². The van der Waals surface area contributed by atoms with E-state index in [1.165, 1.54) is 11.8 Å². The Morgan fingerprint density at radius 3 is 2.33 bits per heavy atom. The number of hydrogen-bond acceptors (Lipinski definition) is 4. The number of carbonyl (C=O) groups excluding carboxylic acids is 2. The van der Waals surface area contributed by atoms with Gasteiger partial charge < -0.3 is 15.7 Å². The summed E-state index contributed by atoms with van der Waals surface area (Å²) < 4.78 is 0. The highest BCUT2D eigenvalue weighted by Crippen LogP contribution is 2.10. The first-order valence-electron chi connectivity index (χ1n) is 6.79. The molecular formula is C15H22N2O3S. The molecule has 116 valence electrons. The number of carbonyl (C=O) groups is 2. The molecule has 0 saturated carbocycles. The Labute approximate surface area is 129 Å². The van der Waals surface area contributed by atoms with Gasteiger partial charge in [-0.2, -0.15) is 11.8 Å². The number of benzene rings is 1. The summed E-state index contributed by atoms with van der Waals surface area (Å²) in [6, 6.07) is 7.94. The summed E-state index contributed by atoms with van der Waals surface area (Å²) >= 11 is 1.49. The Balaban J connectivity index is 2.53. The largest absolute Gasteiger partial charge is 0.395 e. The second-order valence-electron chi connectivity index (χ2n) is 4.82. The van der Waals surface area contributed by atoms with E-state index in [9.17, 15) is 14.7 Å². The van der Waals surface area contributed by atoms with Crippen LogP contribution in [0.5, 0.6) is 0 Å². The van der Waals surface area contributed by atoms with Crippen molar-refractivity contribution in [3.63, 3.8) is 0 Å². The van der Waals surface area contributed by atoms with Crippen LogP contribution in [0.2, 0.25) is 0 Å². The van der Waals surface area contributed by atoms with E-state index in [4.69, 9.17) is 0 Å². The fraction of sp³-hybridized carbons (Fsp3) is 0.467. The van der Waals surface area contributed by atoms with Crippen LogP contribution in [-0.2, 0) is 4.79 Å². The molecule has 21 heavy (non-hydrogen) atoms. The first kappa shape index (κ1) is 17.5. The molecule has 2 amide bonds. The van der Waals surface area contributed by atoms with E-state index in [-0.39, 0.29) is 29.7 Å². The predicted molar refractivity (Wildman–Crippen MR) is 85.4 cm³/mol. The smallest absolute Gasteiger partial charge is 0.251 e. The molecule has 3 N–H and O–H groups in total. The quantitative estimate of drug-likeness (QED) is 0.703. The third-order valence-electron chi connectivity index (χ3n) is 3.19. The van der Waals surface area contributed by atoms with Gasteiger partial charge in [-0.1, -0.05) is 18.2 Å². The van der Waals surface area contributed by atoms with Crippen molar-refractivity contribution in [2.75, 3.05) is 12.9 Å². The van der Waals surface area contributed by atoms with Crippen molar-refractivity contribution < 1.29 is 14.7 Å². The van der Waals surface area contributed by atoms with E-state index < -0.39 is 6.04 Å². The lowest BCUT2D eigenvalue weighted by Crippen LogP contribution is -2.50. The fourth-order valence-corrected chi connectivity index (χ4v) is 2.44. The molecule has 0 heterocycles. The topological polar surface area (TPSA) is 78.4 Å². The van der Waals surface area contributed by atoms with Gasteiger partial charge in [0.15, 0.2) is 0 Å². The molecule has 0 saturated heterocycles.